The van der Waals surface area contributed by atoms with Gasteiger partial charge in [-0.1, -0.05) is 46.4 Å². The fraction of sp³-hybridized carbons (Fsp3) is 0.174. The Hall–Kier alpha value is -2.55. The van der Waals surface area contributed by atoms with Crippen molar-refractivity contribution < 1.29 is 9.59 Å². The van der Waals surface area contributed by atoms with E-state index in [1.54, 1.807) is 62.5 Å². The molecule has 1 aromatic heterocycles. The highest BCUT2D eigenvalue weighted by molar-refractivity contribution is 6.36. The number of pyridine rings is 1. The van der Waals surface area contributed by atoms with Crippen LogP contribution in [0.5, 0.6) is 0 Å². The molecule has 0 bridgehead atoms. The number of hydrogen-bond donors (Lipinski definition) is 2. The fourth-order valence-corrected chi connectivity index (χ4v) is 4.53. The summed E-state index contributed by atoms with van der Waals surface area (Å²) in [4.78, 5) is 33.6. The summed E-state index contributed by atoms with van der Waals surface area (Å²) in [6.45, 7) is 1.86. The molecule has 7 nitrogen and oxygen atoms in total. The molecule has 0 radical (unpaired) electrons. The van der Waals surface area contributed by atoms with E-state index >= 15 is 0 Å². The van der Waals surface area contributed by atoms with Gasteiger partial charge in [0.05, 0.1) is 29.7 Å². The van der Waals surface area contributed by atoms with Gasteiger partial charge in [-0.3, -0.25) is 14.6 Å². The third-order valence-corrected chi connectivity index (χ3v) is 6.14. The zero-order chi connectivity index (χ0) is 24.6. The smallest absolute Gasteiger partial charge is 0.309 e. The Labute approximate surface area is 216 Å². The molecule has 11 heteroatoms. The first kappa shape index (κ1) is 24.6. The van der Waals surface area contributed by atoms with Crippen molar-refractivity contribution in [1.82, 2.24) is 10.3 Å². The number of fused-ring (bicyclic) bond motifs is 1. The van der Waals surface area contributed by atoms with E-state index in [1.165, 1.54) is 9.80 Å². The molecule has 34 heavy (non-hydrogen) atoms. The van der Waals surface area contributed by atoms with Crippen molar-refractivity contribution in [3.8, 4) is 0 Å². The van der Waals surface area contributed by atoms with E-state index < -0.39 is 6.04 Å². The Morgan fingerprint density at radius 1 is 0.941 bits per heavy atom. The molecule has 0 aliphatic carbocycles. The van der Waals surface area contributed by atoms with E-state index in [0.717, 1.165) is 0 Å². The molecule has 4 rings (SSSR count). The minimum atomic E-state index is -0.408. The topological polar surface area (TPSA) is 77.6 Å². The fourth-order valence-electron chi connectivity index (χ4n) is 3.51. The molecule has 2 N–H and O–H groups in total. The predicted molar refractivity (Wildman–Crippen MR) is 138 cm³/mol. The average Bonchev–Trinajstić information content (AvgIpc) is 2.76. The maximum Gasteiger partial charge on any atom is 0.334 e. The van der Waals surface area contributed by atoms with E-state index in [1.807, 2.05) is 0 Å². The van der Waals surface area contributed by atoms with Gasteiger partial charge in [-0.05, 0) is 62.5 Å². The molecule has 1 aliphatic heterocycles. The molecule has 1 aliphatic rings. The van der Waals surface area contributed by atoms with Gasteiger partial charge < -0.3 is 10.6 Å². The maximum atomic E-state index is 13.7. The molecular weight excluding hydrogens is 520 g/mol. The van der Waals surface area contributed by atoms with Crippen LogP contribution < -0.4 is 20.4 Å². The number of halogens is 4. The van der Waals surface area contributed by atoms with Crippen molar-refractivity contribution in [2.24, 2.45) is 0 Å². The molecule has 0 saturated carbocycles. The Morgan fingerprint density at radius 2 is 1.50 bits per heavy atom. The summed E-state index contributed by atoms with van der Waals surface area (Å²) in [6, 6.07) is 12.3. The molecule has 2 aromatic carbocycles. The summed E-state index contributed by atoms with van der Waals surface area (Å²) in [7, 11) is 1.69. The second kappa shape index (κ2) is 9.98. The molecule has 0 saturated heterocycles. The number of anilines is 4. The SMILES string of the molecule is CNC(C)C(=O)Nc1ccc2c(n1)CN(c1cc(Cl)cc(Cl)c1)C(=O)N2c1cc(Cl)cc(Cl)c1. The van der Waals surface area contributed by atoms with Crippen LogP contribution in [0.3, 0.4) is 0 Å². The lowest BCUT2D eigenvalue weighted by atomic mass is 10.1. The van der Waals surface area contributed by atoms with Crippen LogP contribution in [0.1, 0.15) is 12.6 Å². The first-order chi connectivity index (χ1) is 16.2. The first-order valence-electron chi connectivity index (χ1n) is 10.2. The number of carbonyl (C=O) groups excluding carboxylic acids is 2. The maximum absolute atomic E-state index is 13.7. The Morgan fingerprint density at radius 3 is 2.06 bits per heavy atom. The molecule has 176 valence electrons. The van der Waals surface area contributed by atoms with Crippen LogP contribution in [0.15, 0.2) is 48.5 Å². The lowest BCUT2D eigenvalue weighted by Gasteiger charge is -2.37. The van der Waals surface area contributed by atoms with Crippen molar-refractivity contribution in [2.75, 3.05) is 22.2 Å². The molecule has 0 spiro atoms. The molecular formula is C23H19Cl4N5O2. The van der Waals surface area contributed by atoms with Gasteiger partial charge in [-0.15, -0.1) is 0 Å². The van der Waals surface area contributed by atoms with Crippen LogP contribution in [-0.2, 0) is 11.3 Å². The van der Waals surface area contributed by atoms with Crippen molar-refractivity contribution in [1.29, 1.82) is 0 Å². The van der Waals surface area contributed by atoms with Crippen molar-refractivity contribution in [2.45, 2.75) is 19.5 Å². The van der Waals surface area contributed by atoms with Crippen molar-refractivity contribution >= 4 is 81.2 Å². The van der Waals surface area contributed by atoms with Crippen molar-refractivity contribution in [3.05, 3.63) is 74.3 Å². The van der Waals surface area contributed by atoms with Crippen molar-refractivity contribution in [3.63, 3.8) is 0 Å². The van der Waals surface area contributed by atoms with E-state index in [2.05, 4.69) is 15.6 Å². The molecule has 1 atom stereocenters. The lowest BCUT2D eigenvalue weighted by molar-refractivity contribution is -0.117. The third kappa shape index (κ3) is 5.09. The summed E-state index contributed by atoms with van der Waals surface area (Å²) in [5.74, 6) is 0.118. The number of hydrogen-bond acceptors (Lipinski definition) is 4. The normalized spacial score (nSPS) is 14.1. The van der Waals surface area contributed by atoms with Gasteiger partial charge in [0.2, 0.25) is 5.91 Å². The number of urea groups is 1. The van der Waals surface area contributed by atoms with Crippen LogP contribution in [-0.4, -0.2) is 30.0 Å². The van der Waals surface area contributed by atoms with E-state index in [-0.39, 0.29) is 18.5 Å². The second-order valence-corrected chi connectivity index (χ2v) is 9.37. The number of benzene rings is 2. The Balaban J connectivity index is 1.83. The van der Waals surface area contributed by atoms with Gasteiger partial charge in [0.25, 0.3) is 0 Å². The summed E-state index contributed by atoms with van der Waals surface area (Å²) in [6.07, 6.45) is 0. The van der Waals surface area contributed by atoms with Crippen LogP contribution in [0.25, 0.3) is 0 Å². The minimum Gasteiger partial charge on any atom is -0.309 e. The third-order valence-electron chi connectivity index (χ3n) is 5.26. The summed E-state index contributed by atoms with van der Waals surface area (Å²) in [5, 5.41) is 7.17. The molecule has 3 aromatic rings. The molecule has 2 heterocycles. The number of rotatable bonds is 5. The van der Waals surface area contributed by atoms with E-state index in [4.69, 9.17) is 46.4 Å². The zero-order valence-corrected chi connectivity index (χ0v) is 21.1. The number of aromatic nitrogens is 1. The summed E-state index contributed by atoms with van der Waals surface area (Å²) in [5.41, 5.74) is 2.03. The lowest BCUT2D eigenvalue weighted by Crippen LogP contribution is -2.45. The number of nitrogens with one attached hydrogen (secondary N) is 2. The predicted octanol–water partition coefficient (Wildman–Crippen LogP) is 6.52. The van der Waals surface area contributed by atoms with Gasteiger partial charge in [-0.25, -0.2) is 9.78 Å². The molecule has 1 unspecified atom stereocenters. The monoisotopic (exact) mass is 537 g/mol. The summed E-state index contributed by atoms with van der Waals surface area (Å²) < 4.78 is 0. The Bertz CT molecular complexity index is 1250. The molecule has 3 amide bonds. The quantitative estimate of drug-likeness (QED) is 0.387. The van der Waals surface area contributed by atoms with Gasteiger partial charge in [-0.2, -0.15) is 0 Å². The van der Waals surface area contributed by atoms with E-state index in [9.17, 15) is 9.59 Å². The largest absolute Gasteiger partial charge is 0.334 e. The van der Waals surface area contributed by atoms with Crippen LogP contribution >= 0.6 is 46.4 Å². The number of nitrogens with zero attached hydrogens (tertiary/aromatic N) is 3. The first-order valence-corrected chi connectivity index (χ1v) is 11.7. The number of carbonyl (C=O) groups is 2. The number of amides is 3. The second-order valence-electron chi connectivity index (χ2n) is 7.62. The van der Waals surface area contributed by atoms with Crippen LogP contribution in [0, 0.1) is 0 Å². The standard InChI is InChI=1S/C23H19Cl4N5O2/c1-12(28-2)22(33)30-21-4-3-20-19(29-21)11-31(17-7-13(24)5-14(25)8-17)23(34)32(20)18-9-15(26)6-16(27)10-18/h3-10,12,28H,11H2,1-2H3,(H,29,30,33). The minimum absolute atomic E-state index is 0.126. The highest BCUT2D eigenvalue weighted by Gasteiger charge is 2.34. The Kier molecular flexibility index (Phi) is 7.21. The van der Waals surface area contributed by atoms with Gasteiger partial charge in [0.1, 0.15) is 5.82 Å². The van der Waals surface area contributed by atoms with Crippen LogP contribution in [0.2, 0.25) is 20.1 Å². The summed E-state index contributed by atoms with van der Waals surface area (Å²) >= 11 is 24.8. The zero-order valence-electron chi connectivity index (χ0n) is 18.1. The van der Waals surface area contributed by atoms with E-state index in [0.29, 0.717) is 48.7 Å². The molecule has 0 fully saturated rings. The van der Waals surface area contributed by atoms with Gasteiger partial charge in [0.15, 0.2) is 0 Å². The highest BCUT2D eigenvalue weighted by Crippen LogP contribution is 2.39. The number of likely N-dealkylation sites (N-methyl/N-ethyl adjacent to an activating group) is 1. The van der Waals surface area contributed by atoms with Gasteiger partial charge in [0, 0.05) is 25.8 Å². The highest BCUT2D eigenvalue weighted by atomic mass is 35.5. The van der Waals surface area contributed by atoms with Crippen LogP contribution in [0.4, 0.5) is 27.7 Å². The van der Waals surface area contributed by atoms with Gasteiger partial charge >= 0.3 is 6.03 Å². The average molecular weight is 539 g/mol.